The van der Waals surface area contributed by atoms with Crippen LogP contribution in [0.4, 0.5) is 0 Å². The summed E-state index contributed by atoms with van der Waals surface area (Å²) in [6.07, 6.45) is 5.05. The fourth-order valence-corrected chi connectivity index (χ4v) is 5.10. The third kappa shape index (κ3) is 3.66. The van der Waals surface area contributed by atoms with Crippen molar-refractivity contribution in [2.45, 2.75) is 64.1 Å². The Kier molecular flexibility index (Phi) is 5.90. The molecule has 1 fully saturated rings. The maximum Gasteiger partial charge on any atom is 0.251 e. The highest BCUT2D eigenvalue weighted by atomic mass is 16.5. The van der Waals surface area contributed by atoms with Crippen LogP contribution in [-0.4, -0.2) is 48.6 Å². The van der Waals surface area contributed by atoms with Crippen molar-refractivity contribution in [2.75, 3.05) is 19.8 Å². The predicted molar refractivity (Wildman–Crippen MR) is 111 cm³/mol. The molecule has 1 aromatic rings. The van der Waals surface area contributed by atoms with E-state index in [4.69, 9.17) is 4.74 Å². The van der Waals surface area contributed by atoms with E-state index < -0.39 is 0 Å². The van der Waals surface area contributed by atoms with Crippen LogP contribution in [0.5, 0.6) is 0 Å². The second-order valence-corrected chi connectivity index (χ2v) is 8.07. The number of hydrogen-bond acceptors (Lipinski definition) is 4. The topological polar surface area (TPSA) is 70.7 Å². The molecule has 6 heteroatoms. The van der Waals surface area contributed by atoms with Gasteiger partial charge in [-0.05, 0) is 37.3 Å². The second kappa shape index (κ2) is 8.57. The number of ether oxygens (including phenoxy) is 1. The van der Waals surface area contributed by atoms with Gasteiger partial charge in [-0.2, -0.15) is 0 Å². The quantitative estimate of drug-likeness (QED) is 0.801. The van der Waals surface area contributed by atoms with Gasteiger partial charge in [0.25, 0.3) is 5.91 Å². The summed E-state index contributed by atoms with van der Waals surface area (Å²) < 4.78 is 5.52. The molecule has 3 atom stereocenters. The van der Waals surface area contributed by atoms with Gasteiger partial charge >= 0.3 is 0 Å². The van der Waals surface area contributed by atoms with E-state index in [1.807, 2.05) is 24.0 Å². The Bertz CT molecular complexity index is 819. The molecule has 2 heterocycles. The smallest absolute Gasteiger partial charge is 0.251 e. The first-order valence-corrected chi connectivity index (χ1v) is 10.9. The third-order valence-corrected chi connectivity index (χ3v) is 6.44. The zero-order valence-electron chi connectivity index (χ0n) is 17.4. The predicted octanol–water partition coefficient (Wildman–Crippen LogP) is 2.45. The first-order valence-electron chi connectivity index (χ1n) is 10.9. The summed E-state index contributed by atoms with van der Waals surface area (Å²) in [5.74, 6) is -0.105. The Morgan fingerprint density at radius 3 is 2.79 bits per heavy atom. The molecule has 0 spiro atoms. The van der Waals surface area contributed by atoms with Crippen molar-refractivity contribution in [1.82, 2.24) is 15.5 Å². The summed E-state index contributed by atoms with van der Waals surface area (Å²) in [6, 6.07) is 8.06. The fourth-order valence-electron chi connectivity index (χ4n) is 5.10. The molecule has 1 aromatic carbocycles. The normalized spacial score (nSPS) is 26.3. The van der Waals surface area contributed by atoms with E-state index in [0.29, 0.717) is 18.7 Å². The zero-order valence-corrected chi connectivity index (χ0v) is 17.4. The van der Waals surface area contributed by atoms with E-state index in [9.17, 15) is 9.59 Å². The molecule has 29 heavy (non-hydrogen) atoms. The molecule has 2 aliphatic heterocycles. The maximum atomic E-state index is 13.5. The van der Waals surface area contributed by atoms with Gasteiger partial charge in [0.05, 0.1) is 24.2 Å². The van der Waals surface area contributed by atoms with E-state index in [1.54, 1.807) is 0 Å². The van der Waals surface area contributed by atoms with E-state index in [2.05, 4.69) is 29.7 Å². The lowest BCUT2D eigenvalue weighted by Gasteiger charge is -2.43. The lowest BCUT2D eigenvalue weighted by atomic mass is 9.86. The molecule has 2 N–H and O–H groups in total. The van der Waals surface area contributed by atoms with Crippen molar-refractivity contribution in [3.63, 3.8) is 0 Å². The lowest BCUT2D eigenvalue weighted by molar-refractivity contribution is -0.142. The average molecular weight is 398 g/mol. The molecule has 3 aliphatic rings. The van der Waals surface area contributed by atoms with Gasteiger partial charge in [-0.3, -0.25) is 9.59 Å². The Labute approximate surface area is 172 Å². The molecule has 1 saturated carbocycles. The standard InChI is InChI=1S/C23H31N3O3/c1-3-15-9-5-6-10-16(15)22-21-18(13-24-23(21)28)25-17-11-7-8-12-19(17)26(22)20(27)14-29-4-2/h5-6,9-10,17,19,22,25H,3-4,7-8,11-14H2,1-2H3,(H,24,28)/t17-,19-,22-/m1/s1. The van der Waals surface area contributed by atoms with E-state index >= 15 is 0 Å². The molecule has 0 radical (unpaired) electrons. The number of hydrogen-bond donors (Lipinski definition) is 2. The molecule has 0 bridgehead atoms. The fraction of sp³-hybridized carbons (Fsp3) is 0.565. The molecule has 6 nitrogen and oxygen atoms in total. The largest absolute Gasteiger partial charge is 0.382 e. The molecule has 4 rings (SSSR count). The summed E-state index contributed by atoms with van der Waals surface area (Å²) in [4.78, 5) is 28.4. The van der Waals surface area contributed by atoms with Crippen molar-refractivity contribution in [2.24, 2.45) is 0 Å². The number of benzene rings is 1. The van der Waals surface area contributed by atoms with Crippen molar-refractivity contribution in [1.29, 1.82) is 0 Å². The summed E-state index contributed by atoms with van der Waals surface area (Å²) >= 11 is 0. The molecule has 2 amide bonds. The van der Waals surface area contributed by atoms with Crippen LogP contribution in [0, 0.1) is 0 Å². The van der Waals surface area contributed by atoms with E-state index in [1.165, 1.54) is 5.56 Å². The minimum absolute atomic E-state index is 0.0325. The van der Waals surface area contributed by atoms with Gasteiger partial charge in [0.1, 0.15) is 6.61 Å². The second-order valence-electron chi connectivity index (χ2n) is 8.07. The molecule has 156 valence electrons. The highest BCUT2D eigenvalue weighted by molar-refractivity contribution is 5.99. The molecule has 1 aliphatic carbocycles. The summed E-state index contributed by atoms with van der Waals surface area (Å²) in [6.45, 7) is 5.07. The van der Waals surface area contributed by atoms with Crippen molar-refractivity contribution in [3.8, 4) is 0 Å². The van der Waals surface area contributed by atoms with Crippen molar-refractivity contribution in [3.05, 3.63) is 46.7 Å². The Hall–Kier alpha value is -2.34. The van der Waals surface area contributed by atoms with Gasteiger partial charge in [-0.25, -0.2) is 0 Å². The van der Waals surface area contributed by atoms with Crippen LogP contribution in [0.25, 0.3) is 0 Å². The number of amides is 2. The van der Waals surface area contributed by atoms with Crippen molar-refractivity contribution >= 4 is 11.8 Å². The number of carbonyl (C=O) groups excluding carboxylic acids is 2. The number of rotatable bonds is 5. The Morgan fingerprint density at radius 2 is 2.00 bits per heavy atom. The van der Waals surface area contributed by atoms with Crippen LogP contribution in [0.2, 0.25) is 0 Å². The van der Waals surface area contributed by atoms with Crippen LogP contribution < -0.4 is 10.6 Å². The highest BCUT2D eigenvalue weighted by Crippen LogP contribution is 2.41. The lowest BCUT2D eigenvalue weighted by Crippen LogP contribution is -2.54. The van der Waals surface area contributed by atoms with Gasteiger partial charge in [-0.15, -0.1) is 0 Å². The summed E-state index contributed by atoms with van der Waals surface area (Å²) in [5.41, 5.74) is 3.88. The van der Waals surface area contributed by atoms with Crippen molar-refractivity contribution < 1.29 is 14.3 Å². The average Bonchev–Trinajstić information content (AvgIpc) is 3.02. The molecule has 0 unspecified atom stereocenters. The molecular weight excluding hydrogens is 366 g/mol. The highest BCUT2D eigenvalue weighted by Gasteiger charge is 2.46. The van der Waals surface area contributed by atoms with Gasteiger partial charge in [0, 0.05) is 18.3 Å². The van der Waals surface area contributed by atoms with Gasteiger partial charge in [0.15, 0.2) is 0 Å². The van der Waals surface area contributed by atoms with Crippen LogP contribution in [0.3, 0.4) is 0 Å². The first-order chi connectivity index (χ1) is 14.2. The van der Waals surface area contributed by atoms with E-state index in [0.717, 1.165) is 43.4 Å². The molecule has 0 saturated heterocycles. The number of nitrogens with one attached hydrogen (secondary N) is 2. The van der Waals surface area contributed by atoms with Crippen LogP contribution in [0.15, 0.2) is 35.5 Å². The number of carbonyl (C=O) groups is 2. The van der Waals surface area contributed by atoms with Crippen LogP contribution in [-0.2, 0) is 20.7 Å². The monoisotopic (exact) mass is 397 g/mol. The van der Waals surface area contributed by atoms with Crippen LogP contribution in [0.1, 0.15) is 56.7 Å². The third-order valence-electron chi connectivity index (χ3n) is 6.44. The summed E-state index contributed by atoms with van der Waals surface area (Å²) in [5, 5.41) is 6.63. The number of aryl methyl sites for hydroxylation is 1. The van der Waals surface area contributed by atoms with Gasteiger partial charge in [-0.1, -0.05) is 44.0 Å². The summed E-state index contributed by atoms with van der Waals surface area (Å²) in [7, 11) is 0. The van der Waals surface area contributed by atoms with Gasteiger partial charge in [0.2, 0.25) is 5.91 Å². The Balaban J connectivity index is 1.87. The zero-order chi connectivity index (χ0) is 20.4. The number of fused-ring (bicyclic) bond motifs is 1. The SMILES string of the molecule is CCOCC(=O)N1[C@@H]2CCCC[C@H]2NC2=C(C(=O)NC2)[C@H]1c1ccccc1CC. The number of nitrogens with zero attached hydrogens (tertiary/aromatic N) is 1. The Morgan fingerprint density at radius 1 is 1.21 bits per heavy atom. The molecular formula is C23H31N3O3. The van der Waals surface area contributed by atoms with Gasteiger partial charge < -0.3 is 20.3 Å². The first kappa shape index (κ1) is 20.0. The minimum Gasteiger partial charge on any atom is -0.382 e. The van der Waals surface area contributed by atoms with Crippen LogP contribution >= 0.6 is 0 Å². The van der Waals surface area contributed by atoms with E-state index in [-0.39, 0.29) is 36.5 Å². The maximum absolute atomic E-state index is 13.5. The molecule has 0 aromatic heterocycles. The minimum atomic E-state index is -0.378.